The van der Waals surface area contributed by atoms with Crippen molar-refractivity contribution in [3.8, 4) is 5.75 Å². The third-order valence-corrected chi connectivity index (χ3v) is 2.75. The maximum absolute atomic E-state index is 13.8. The first-order valence-corrected chi connectivity index (χ1v) is 6.30. The third kappa shape index (κ3) is 3.54. The van der Waals surface area contributed by atoms with E-state index in [1.165, 1.54) is 6.07 Å². The van der Waals surface area contributed by atoms with Gasteiger partial charge in [0.05, 0.1) is 5.69 Å². The predicted molar refractivity (Wildman–Crippen MR) is 71.3 cm³/mol. The Morgan fingerprint density at radius 2 is 2.21 bits per heavy atom. The molecule has 0 atom stereocenters. The molecule has 4 nitrogen and oxygen atoms in total. The molecule has 0 radical (unpaired) electrons. The van der Waals surface area contributed by atoms with Crippen LogP contribution in [-0.4, -0.2) is 16.3 Å². The van der Waals surface area contributed by atoms with E-state index in [4.69, 9.17) is 4.74 Å². The summed E-state index contributed by atoms with van der Waals surface area (Å²) in [6.07, 6.45) is 1.83. The molecule has 2 aromatic rings. The van der Waals surface area contributed by atoms with E-state index in [-0.39, 0.29) is 12.4 Å². The minimum Gasteiger partial charge on any atom is -0.484 e. The van der Waals surface area contributed by atoms with Gasteiger partial charge in [0.2, 0.25) is 0 Å². The summed E-state index contributed by atoms with van der Waals surface area (Å²) < 4.78 is 21.1. The minimum atomic E-state index is -0.341. The summed E-state index contributed by atoms with van der Waals surface area (Å²) in [4.78, 5) is 0. The SMILES string of the molecule is CCNCc1cccc(F)c1OCc1ccn(C)n1. The van der Waals surface area contributed by atoms with Crippen molar-refractivity contribution in [2.24, 2.45) is 7.05 Å². The van der Waals surface area contributed by atoms with E-state index in [9.17, 15) is 4.39 Å². The van der Waals surface area contributed by atoms with Gasteiger partial charge in [0.25, 0.3) is 0 Å². The number of hydrogen-bond acceptors (Lipinski definition) is 3. The fourth-order valence-electron chi connectivity index (χ4n) is 1.80. The Labute approximate surface area is 112 Å². The maximum atomic E-state index is 13.8. The summed E-state index contributed by atoms with van der Waals surface area (Å²) in [5.41, 5.74) is 1.60. The Hall–Kier alpha value is -1.88. The molecule has 2 rings (SSSR count). The van der Waals surface area contributed by atoms with Crippen molar-refractivity contribution in [3.05, 3.63) is 47.5 Å². The molecule has 0 aliphatic rings. The van der Waals surface area contributed by atoms with Gasteiger partial charge < -0.3 is 10.1 Å². The summed E-state index contributed by atoms with van der Waals surface area (Å²) in [6, 6.07) is 6.81. The molecular weight excluding hydrogens is 245 g/mol. The fourth-order valence-corrected chi connectivity index (χ4v) is 1.80. The molecule has 1 aromatic carbocycles. The number of aryl methyl sites for hydroxylation is 1. The first-order valence-electron chi connectivity index (χ1n) is 6.30. The lowest BCUT2D eigenvalue weighted by molar-refractivity contribution is 0.281. The quantitative estimate of drug-likeness (QED) is 0.868. The summed E-state index contributed by atoms with van der Waals surface area (Å²) in [5.74, 6) is -0.0413. The van der Waals surface area contributed by atoms with Crippen LogP contribution in [0.5, 0.6) is 5.75 Å². The van der Waals surface area contributed by atoms with Crippen LogP contribution in [0.3, 0.4) is 0 Å². The molecular formula is C14H18FN3O. The van der Waals surface area contributed by atoms with E-state index >= 15 is 0 Å². The van der Waals surface area contributed by atoms with Crippen molar-refractivity contribution in [2.75, 3.05) is 6.54 Å². The van der Waals surface area contributed by atoms with E-state index in [1.807, 2.05) is 32.3 Å². The number of nitrogens with zero attached hydrogens (tertiary/aromatic N) is 2. The molecule has 5 heteroatoms. The minimum absolute atomic E-state index is 0.265. The summed E-state index contributed by atoms with van der Waals surface area (Å²) in [7, 11) is 1.84. The zero-order valence-electron chi connectivity index (χ0n) is 11.2. The lowest BCUT2D eigenvalue weighted by Crippen LogP contribution is -2.13. The lowest BCUT2D eigenvalue weighted by Gasteiger charge is -2.11. The third-order valence-electron chi connectivity index (χ3n) is 2.75. The van der Waals surface area contributed by atoms with Crippen molar-refractivity contribution in [3.63, 3.8) is 0 Å². The fraction of sp³-hybridized carbons (Fsp3) is 0.357. The smallest absolute Gasteiger partial charge is 0.165 e. The van der Waals surface area contributed by atoms with Crippen LogP contribution in [0, 0.1) is 5.82 Å². The van der Waals surface area contributed by atoms with Crippen LogP contribution in [-0.2, 0) is 20.2 Å². The highest BCUT2D eigenvalue weighted by atomic mass is 19.1. The number of halogens is 1. The van der Waals surface area contributed by atoms with Gasteiger partial charge in [-0.1, -0.05) is 19.1 Å². The highest BCUT2D eigenvalue weighted by Gasteiger charge is 2.10. The standard InChI is InChI=1S/C14H18FN3O/c1-3-16-9-11-5-4-6-13(15)14(11)19-10-12-7-8-18(2)17-12/h4-8,16H,3,9-10H2,1-2H3. The van der Waals surface area contributed by atoms with Crippen LogP contribution in [0.25, 0.3) is 0 Å². The molecule has 1 heterocycles. The van der Waals surface area contributed by atoms with Crippen molar-refractivity contribution < 1.29 is 9.13 Å². The van der Waals surface area contributed by atoms with Crippen molar-refractivity contribution in [1.82, 2.24) is 15.1 Å². The second kappa shape index (κ2) is 6.33. The second-order valence-electron chi connectivity index (χ2n) is 4.28. The molecule has 0 fully saturated rings. The van der Waals surface area contributed by atoms with Crippen LogP contribution in [0.1, 0.15) is 18.2 Å². The molecule has 0 saturated heterocycles. The van der Waals surface area contributed by atoms with Gasteiger partial charge in [-0.15, -0.1) is 0 Å². The highest BCUT2D eigenvalue weighted by molar-refractivity contribution is 5.35. The zero-order chi connectivity index (χ0) is 13.7. The number of benzene rings is 1. The Bertz CT molecular complexity index is 539. The highest BCUT2D eigenvalue weighted by Crippen LogP contribution is 2.23. The second-order valence-corrected chi connectivity index (χ2v) is 4.28. The number of nitrogens with one attached hydrogen (secondary N) is 1. The zero-order valence-corrected chi connectivity index (χ0v) is 11.2. The van der Waals surface area contributed by atoms with Gasteiger partial charge in [0, 0.05) is 25.4 Å². The monoisotopic (exact) mass is 263 g/mol. The molecule has 19 heavy (non-hydrogen) atoms. The molecule has 0 saturated carbocycles. The number of aromatic nitrogens is 2. The number of hydrogen-bond donors (Lipinski definition) is 1. The van der Waals surface area contributed by atoms with E-state index in [2.05, 4.69) is 10.4 Å². The Morgan fingerprint density at radius 1 is 1.37 bits per heavy atom. The van der Waals surface area contributed by atoms with Gasteiger partial charge in [0.15, 0.2) is 11.6 Å². The van der Waals surface area contributed by atoms with Gasteiger partial charge >= 0.3 is 0 Å². The van der Waals surface area contributed by atoms with Gasteiger partial charge in [0.1, 0.15) is 6.61 Å². The van der Waals surface area contributed by atoms with Crippen molar-refractivity contribution >= 4 is 0 Å². The molecule has 1 N–H and O–H groups in total. The lowest BCUT2D eigenvalue weighted by atomic mass is 10.2. The molecule has 0 spiro atoms. The number of ether oxygens (including phenoxy) is 1. The van der Waals surface area contributed by atoms with Crippen LogP contribution < -0.4 is 10.1 Å². The molecule has 102 valence electrons. The van der Waals surface area contributed by atoms with Crippen LogP contribution in [0.15, 0.2) is 30.5 Å². The van der Waals surface area contributed by atoms with Crippen molar-refractivity contribution in [1.29, 1.82) is 0 Å². The average molecular weight is 263 g/mol. The summed E-state index contributed by atoms with van der Waals surface area (Å²) in [5, 5.41) is 7.37. The predicted octanol–water partition coefficient (Wildman–Crippen LogP) is 2.25. The summed E-state index contributed by atoms with van der Waals surface area (Å²) in [6.45, 7) is 3.69. The Kier molecular flexibility index (Phi) is 4.52. The average Bonchev–Trinajstić information content (AvgIpc) is 2.81. The van der Waals surface area contributed by atoms with Crippen LogP contribution in [0.2, 0.25) is 0 Å². The van der Waals surface area contributed by atoms with E-state index in [0.717, 1.165) is 17.8 Å². The van der Waals surface area contributed by atoms with Gasteiger partial charge in [-0.2, -0.15) is 5.10 Å². The van der Waals surface area contributed by atoms with Crippen LogP contribution >= 0.6 is 0 Å². The van der Waals surface area contributed by atoms with Crippen molar-refractivity contribution in [2.45, 2.75) is 20.1 Å². The summed E-state index contributed by atoms with van der Waals surface area (Å²) >= 11 is 0. The first kappa shape index (κ1) is 13.5. The number of para-hydroxylation sites is 1. The maximum Gasteiger partial charge on any atom is 0.165 e. The van der Waals surface area contributed by atoms with E-state index < -0.39 is 0 Å². The van der Waals surface area contributed by atoms with Crippen LogP contribution in [0.4, 0.5) is 4.39 Å². The number of rotatable bonds is 6. The van der Waals surface area contributed by atoms with E-state index in [1.54, 1.807) is 10.7 Å². The largest absolute Gasteiger partial charge is 0.484 e. The van der Waals surface area contributed by atoms with Gasteiger partial charge in [-0.25, -0.2) is 4.39 Å². The molecule has 0 unspecified atom stereocenters. The normalized spacial score (nSPS) is 10.7. The molecule has 0 amide bonds. The van der Waals surface area contributed by atoms with Gasteiger partial charge in [-0.3, -0.25) is 4.68 Å². The Morgan fingerprint density at radius 3 is 2.89 bits per heavy atom. The first-order chi connectivity index (χ1) is 9.20. The molecule has 0 aliphatic heterocycles. The molecule has 0 bridgehead atoms. The van der Waals surface area contributed by atoms with Gasteiger partial charge in [-0.05, 0) is 18.7 Å². The van der Waals surface area contributed by atoms with E-state index in [0.29, 0.717) is 12.3 Å². The molecule has 0 aliphatic carbocycles. The molecule has 1 aromatic heterocycles. The Balaban J connectivity index is 2.09. The topological polar surface area (TPSA) is 39.1 Å².